The van der Waals surface area contributed by atoms with Crippen LogP contribution in [0.3, 0.4) is 0 Å². The molecule has 0 aromatic carbocycles. The number of ketones is 1. The Morgan fingerprint density at radius 3 is 2.47 bits per heavy atom. The van der Waals surface area contributed by atoms with Gasteiger partial charge in [-0.3, -0.25) is 14.4 Å². The Hall–Kier alpha value is -4.99. The van der Waals surface area contributed by atoms with Gasteiger partial charge in [0.05, 0.1) is 12.8 Å². The standard InChI is InChI=1S/C35H37N4O6/c1-8-19-15(3)23-14-27-20(9-2)17(5)26(39(27)44)13-24-16(4)21(10-11-28(40)41)32(37-24)30-31(35(43)45-7)34(42)29-18(6)22(38-33(29)30)12-25(19)36-23/h9,12-14,16,21,31,36-38H,2,8,10-11H2,1,3-7H3,(H,40,41)/q-1/b23-14-,24-13-,25-12-,32-30-/t16-,21-,31+/m0/s1. The van der Waals surface area contributed by atoms with Crippen molar-refractivity contribution in [2.75, 3.05) is 7.11 Å². The van der Waals surface area contributed by atoms with E-state index in [1.165, 1.54) is 7.11 Å². The van der Waals surface area contributed by atoms with Gasteiger partial charge in [-0.2, -0.15) is 0 Å². The maximum atomic E-state index is 14.0. The number of carboxylic acids is 1. The van der Waals surface area contributed by atoms with Crippen LogP contribution in [0.1, 0.15) is 87.6 Å². The number of ether oxygens (including phenoxy) is 1. The summed E-state index contributed by atoms with van der Waals surface area (Å²) in [4.78, 5) is 45.9. The molecule has 3 aliphatic rings. The molecule has 5 heterocycles. The molecule has 3 aromatic heterocycles. The highest BCUT2D eigenvalue weighted by Crippen LogP contribution is 2.48. The van der Waals surface area contributed by atoms with E-state index in [0.717, 1.165) is 38.5 Å². The zero-order chi connectivity index (χ0) is 32.5. The maximum absolute atomic E-state index is 14.0. The third kappa shape index (κ3) is 4.42. The van der Waals surface area contributed by atoms with Crippen molar-refractivity contribution in [3.63, 3.8) is 0 Å². The van der Waals surface area contributed by atoms with Gasteiger partial charge in [-0.1, -0.05) is 26.5 Å². The summed E-state index contributed by atoms with van der Waals surface area (Å²) in [6.45, 7) is 13.8. The summed E-state index contributed by atoms with van der Waals surface area (Å²) < 4.78 is 6.03. The summed E-state index contributed by atoms with van der Waals surface area (Å²) in [6.07, 6.45) is 8.17. The SMILES string of the molecule is C=Cc1c(C)c2n([O-])c1/C=c1\[nH]/c(c(CC)c1C)=C\c1[nH]c3c(c1C)C(=O)[C@H](C(=O)OC)/C3=C1/N/C(=C\2)[C@@H](C)[C@@H]1CCC(=O)O. The quantitative estimate of drug-likeness (QED) is 0.243. The van der Waals surface area contributed by atoms with Crippen LogP contribution in [0.2, 0.25) is 0 Å². The van der Waals surface area contributed by atoms with Gasteiger partial charge in [-0.05, 0) is 74.1 Å². The zero-order valence-corrected chi connectivity index (χ0v) is 26.3. The summed E-state index contributed by atoms with van der Waals surface area (Å²) >= 11 is 0. The molecular formula is C35H37N4O6-. The Balaban J connectivity index is 1.76. The normalized spacial score (nSPS) is 24.3. The van der Waals surface area contributed by atoms with Gasteiger partial charge in [-0.15, -0.1) is 0 Å². The molecule has 3 aromatic rings. The van der Waals surface area contributed by atoms with Crippen LogP contribution in [0.4, 0.5) is 0 Å². The molecule has 4 N–H and O–H groups in total. The van der Waals surface area contributed by atoms with Gasteiger partial charge in [0, 0.05) is 74.1 Å². The molecule has 1 aliphatic carbocycles. The van der Waals surface area contributed by atoms with Crippen molar-refractivity contribution >= 4 is 47.6 Å². The van der Waals surface area contributed by atoms with Crippen LogP contribution in [0.5, 0.6) is 0 Å². The van der Waals surface area contributed by atoms with Gasteiger partial charge in [0.25, 0.3) is 0 Å². The summed E-state index contributed by atoms with van der Waals surface area (Å²) in [5, 5.41) is 28.7. The number of fused-ring (bicyclic) bond motifs is 7. The van der Waals surface area contributed by atoms with Crippen molar-refractivity contribution in [3.05, 3.63) is 90.0 Å². The van der Waals surface area contributed by atoms with Gasteiger partial charge >= 0.3 is 11.9 Å². The largest absolute Gasteiger partial charge is 0.805 e. The van der Waals surface area contributed by atoms with Gasteiger partial charge in [0.2, 0.25) is 0 Å². The number of nitrogens with zero attached hydrogens (tertiary/aromatic N) is 1. The van der Waals surface area contributed by atoms with Crippen molar-refractivity contribution in [2.45, 2.75) is 53.9 Å². The van der Waals surface area contributed by atoms with Gasteiger partial charge in [0.1, 0.15) is 5.92 Å². The van der Waals surface area contributed by atoms with Gasteiger partial charge < -0.3 is 35.1 Å². The van der Waals surface area contributed by atoms with Crippen LogP contribution < -0.4 is 16.0 Å². The Kier molecular flexibility index (Phi) is 7.26. The number of carbonyl (C=O) groups excluding carboxylic acids is 2. The second-order valence-corrected chi connectivity index (χ2v) is 12.1. The monoisotopic (exact) mass is 609 g/mol. The number of aliphatic carboxylic acids is 1. The number of carbonyl (C=O) groups is 3. The lowest BCUT2D eigenvalue weighted by Crippen LogP contribution is -2.25. The summed E-state index contributed by atoms with van der Waals surface area (Å²) in [5.74, 6) is -3.85. The number of hydrogen-bond donors (Lipinski definition) is 4. The van der Waals surface area contributed by atoms with Crippen molar-refractivity contribution in [1.82, 2.24) is 20.0 Å². The Morgan fingerprint density at radius 2 is 1.82 bits per heavy atom. The van der Waals surface area contributed by atoms with Crippen LogP contribution in [-0.4, -0.2) is 44.6 Å². The predicted octanol–water partition coefficient (Wildman–Crippen LogP) is 4.05. The fraction of sp³-hybridized carbons (Fsp3) is 0.343. The number of aromatic amines is 2. The number of methoxy groups -OCH3 is 1. The minimum absolute atomic E-state index is 0.113. The topological polar surface area (TPSA) is 152 Å². The van der Waals surface area contributed by atoms with E-state index in [2.05, 4.69) is 28.8 Å². The number of aromatic nitrogens is 3. The number of rotatable bonds is 6. The summed E-state index contributed by atoms with van der Waals surface area (Å²) in [6, 6.07) is 0. The zero-order valence-electron chi connectivity index (χ0n) is 26.3. The molecular weight excluding hydrogens is 572 g/mol. The molecule has 0 saturated carbocycles. The minimum atomic E-state index is -1.21. The number of H-pyrrole nitrogens is 2. The van der Waals surface area contributed by atoms with E-state index in [9.17, 15) is 24.7 Å². The van der Waals surface area contributed by atoms with E-state index in [1.807, 2.05) is 39.8 Å². The highest BCUT2D eigenvalue weighted by atomic mass is 16.5. The molecule has 6 rings (SSSR count). The average Bonchev–Trinajstić information content (AvgIpc) is 3.72. The van der Waals surface area contributed by atoms with Crippen molar-refractivity contribution in [1.29, 1.82) is 0 Å². The fourth-order valence-corrected chi connectivity index (χ4v) is 7.37. The average molecular weight is 610 g/mol. The predicted molar refractivity (Wildman–Crippen MR) is 172 cm³/mol. The molecule has 8 bridgehead atoms. The van der Waals surface area contributed by atoms with Crippen molar-refractivity contribution in [2.24, 2.45) is 17.8 Å². The number of allylic oxidation sites excluding steroid dienone is 2. The van der Waals surface area contributed by atoms with Crippen LogP contribution in [0.15, 0.2) is 18.0 Å². The van der Waals surface area contributed by atoms with E-state index in [1.54, 1.807) is 12.2 Å². The van der Waals surface area contributed by atoms with E-state index < -0.39 is 17.9 Å². The first-order valence-corrected chi connectivity index (χ1v) is 15.2. The first-order valence-electron chi connectivity index (χ1n) is 15.2. The Bertz CT molecular complexity index is 2010. The maximum Gasteiger partial charge on any atom is 0.321 e. The molecule has 0 amide bonds. The molecule has 45 heavy (non-hydrogen) atoms. The molecule has 3 atom stereocenters. The van der Waals surface area contributed by atoms with Crippen LogP contribution in [0, 0.1) is 43.7 Å². The van der Waals surface area contributed by atoms with E-state index in [-0.39, 0.29) is 30.5 Å². The minimum Gasteiger partial charge on any atom is -0.805 e. The third-order valence-corrected chi connectivity index (χ3v) is 9.87. The first kappa shape index (κ1) is 30.1. The number of nitrogens with one attached hydrogen (secondary N) is 3. The Morgan fingerprint density at radius 1 is 1.09 bits per heavy atom. The van der Waals surface area contributed by atoms with E-state index >= 15 is 0 Å². The molecule has 10 nitrogen and oxygen atoms in total. The van der Waals surface area contributed by atoms with Crippen LogP contribution in [0.25, 0.3) is 29.9 Å². The van der Waals surface area contributed by atoms with E-state index in [4.69, 9.17) is 4.74 Å². The molecule has 234 valence electrons. The van der Waals surface area contributed by atoms with E-state index in [0.29, 0.717) is 56.4 Å². The summed E-state index contributed by atoms with van der Waals surface area (Å²) in [7, 11) is 1.25. The molecule has 0 unspecified atom stereocenters. The Labute approximate surface area is 260 Å². The molecule has 0 radical (unpaired) electrons. The highest BCUT2D eigenvalue weighted by molar-refractivity contribution is 6.24. The van der Waals surface area contributed by atoms with Crippen molar-refractivity contribution < 1.29 is 24.2 Å². The third-order valence-electron chi connectivity index (χ3n) is 9.87. The highest BCUT2D eigenvalue weighted by Gasteiger charge is 2.48. The fourth-order valence-electron chi connectivity index (χ4n) is 7.37. The lowest BCUT2D eigenvalue weighted by Gasteiger charge is -2.19. The number of hydrogen-bond acceptors (Lipinski definition) is 6. The molecule has 0 spiro atoms. The lowest BCUT2D eigenvalue weighted by atomic mass is 9.85. The van der Waals surface area contributed by atoms with Crippen LogP contribution in [-0.2, 0) is 20.7 Å². The first-order chi connectivity index (χ1) is 21.4. The van der Waals surface area contributed by atoms with Gasteiger partial charge in [0.15, 0.2) is 5.78 Å². The molecule has 2 aliphatic heterocycles. The summed E-state index contributed by atoms with van der Waals surface area (Å²) in [5.41, 5.74) is 8.53. The molecule has 1 fully saturated rings. The second kappa shape index (κ2) is 10.9. The number of esters is 1. The smallest absolute Gasteiger partial charge is 0.321 e. The second-order valence-electron chi connectivity index (χ2n) is 12.1. The van der Waals surface area contributed by atoms with Crippen molar-refractivity contribution in [3.8, 4) is 0 Å². The van der Waals surface area contributed by atoms with Crippen LogP contribution >= 0.6 is 0 Å². The van der Waals surface area contributed by atoms with Gasteiger partial charge in [-0.25, -0.2) is 0 Å². The number of carboxylic acid groups (broad SMARTS) is 1. The molecule has 10 heteroatoms. The lowest BCUT2D eigenvalue weighted by molar-refractivity contribution is -0.142. The number of Topliss-reactive ketones (excluding diaryl/α,β-unsaturated/α-hetero) is 1. The molecule has 1 saturated heterocycles.